The zero-order chi connectivity index (χ0) is 13.1. The fourth-order valence-corrected chi connectivity index (χ4v) is 2.79. The number of hydrogen-bond donors (Lipinski definition) is 1. The van der Waals surface area contributed by atoms with E-state index in [1.807, 2.05) is 6.92 Å². The maximum absolute atomic E-state index is 13.9. The molecule has 2 atom stereocenters. The van der Waals surface area contributed by atoms with Gasteiger partial charge in [-0.15, -0.1) is 0 Å². The molecule has 1 aliphatic heterocycles. The van der Waals surface area contributed by atoms with Gasteiger partial charge in [0.05, 0.1) is 6.04 Å². The summed E-state index contributed by atoms with van der Waals surface area (Å²) in [6, 6.07) is 4.00. The van der Waals surface area contributed by atoms with Crippen molar-refractivity contribution in [2.45, 2.75) is 38.3 Å². The summed E-state index contributed by atoms with van der Waals surface area (Å²) >= 11 is 0. The Kier molecular flexibility index (Phi) is 4.30. The van der Waals surface area contributed by atoms with E-state index in [0.717, 1.165) is 38.4 Å². The van der Waals surface area contributed by atoms with Gasteiger partial charge in [0.25, 0.3) is 0 Å². The summed E-state index contributed by atoms with van der Waals surface area (Å²) in [4.78, 5) is 2.15. The summed E-state index contributed by atoms with van der Waals surface area (Å²) in [5.41, 5.74) is 6.56. The molecule has 0 radical (unpaired) electrons. The second kappa shape index (κ2) is 5.76. The van der Waals surface area contributed by atoms with Gasteiger partial charge in [-0.1, -0.05) is 25.5 Å². The molecule has 1 heterocycles. The Morgan fingerprint density at radius 2 is 2.11 bits per heavy atom. The maximum atomic E-state index is 13.9. The molecule has 1 saturated heterocycles. The number of hydrogen-bond acceptors (Lipinski definition) is 2. The van der Waals surface area contributed by atoms with E-state index in [2.05, 4.69) is 4.90 Å². The quantitative estimate of drug-likeness (QED) is 0.879. The van der Waals surface area contributed by atoms with E-state index in [4.69, 9.17) is 5.73 Å². The minimum Gasteiger partial charge on any atom is -0.326 e. The van der Waals surface area contributed by atoms with E-state index in [1.54, 1.807) is 12.1 Å². The molecule has 100 valence electrons. The largest absolute Gasteiger partial charge is 0.326 e. The van der Waals surface area contributed by atoms with E-state index < -0.39 is 11.6 Å². The van der Waals surface area contributed by atoms with Crippen LogP contribution in [0.3, 0.4) is 0 Å². The zero-order valence-electron chi connectivity index (χ0n) is 10.7. The van der Waals surface area contributed by atoms with Crippen LogP contribution in [0.15, 0.2) is 18.2 Å². The third kappa shape index (κ3) is 2.54. The molecular weight excluding hydrogens is 234 g/mol. The third-order valence-corrected chi connectivity index (χ3v) is 3.74. The van der Waals surface area contributed by atoms with Gasteiger partial charge in [-0.05, 0) is 32.0 Å². The van der Waals surface area contributed by atoms with Gasteiger partial charge < -0.3 is 5.73 Å². The summed E-state index contributed by atoms with van der Waals surface area (Å²) < 4.78 is 27.3. The van der Waals surface area contributed by atoms with Crippen molar-refractivity contribution in [2.75, 3.05) is 13.1 Å². The minimum atomic E-state index is -0.792. The lowest BCUT2D eigenvalue weighted by Gasteiger charge is -2.33. The Morgan fingerprint density at radius 3 is 2.83 bits per heavy atom. The number of halogens is 2. The first kappa shape index (κ1) is 13.4. The predicted octanol–water partition coefficient (Wildman–Crippen LogP) is 2.84. The highest BCUT2D eigenvalue weighted by Gasteiger charge is 2.30. The second-order valence-corrected chi connectivity index (χ2v) is 4.88. The van der Waals surface area contributed by atoms with Gasteiger partial charge in [0.2, 0.25) is 0 Å². The van der Waals surface area contributed by atoms with Crippen molar-refractivity contribution in [3.8, 4) is 0 Å². The molecule has 0 amide bonds. The average molecular weight is 254 g/mol. The summed E-state index contributed by atoms with van der Waals surface area (Å²) in [6.45, 7) is 3.72. The number of likely N-dealkylation sites (N-methyl/N-ethyl adjacent to an activating group) is 1. The molecule has 4 heteroatoms. The SMILES string of the molecule is CCN1CCCCC(N)C1c1cccc(F)c1F. The van der Waals surface area contributed by atoms with E-state index in [9.17, 15) is 8.78 Å². The highest BCUT2D eigenvalue weighted by atomic mass is 19.2. The Labute approximate surface area is 107 Å². The molecule has 0 spiro atoms. The van der Waals surface area contributed by atoms with Crippen LogP contribution in [-0.2, 0) is 0 Å². The second-order valence-electron chi connectivity index (χ2n) is 4.88. The fourth-order valence-electron chi connectivity index (χ4n) is 2.79. The van der Waals surface area contributed by atoms with Crippen molar-refractivity contribution in [1.29, 1.82) is 0 Å². The molecule has 1 fully saturated rings. The van der Waals surface area contributed by atoms with Gasteiger partial charge in [0.1, 0.15) is 0 Å². The first-order chi connectivity index (χ1) is 8.65. The smallest absolute Gasteiger partial charge is 0.163 e. The standard InChI is InChI=1S/C14H20F2N2/c1-2-18-9-4-3-8-12(17)14(18)10-6-5-7-11(15)13(10)16/h5-7,12,14H,2-4,8-9,17H2,1H3. The normalized spacial score (nSPS) is 26.0. The minimum absolute atomic E-state index is 0.135. The summed E-state index contributed by atoms with van der Waals surface area (Å²) in [7, 11) is 0. The molecular formula is C14H20F2N2. The van der Waals surface area contributed by atoms with Gasteiger partial charge in [0, 0.05) is 11.6 Å². The van der Waals surface area contributed by atoms with Gasteiger partial charge in [-0.3, -0.25) is 4.90 Å². The van der Waals surface area contributed by atoms with Crippen LogP contribution in [0.5, 0.6) is 0 Å². The van der Waals surface area contributed by atoms with Crippen LogP contribution in [0.1, 0.15) is 37.8 Å². The molecule has 0 aliphatic carbocycles. The number of nitrogens with two attached hydrogens (primary N) is 1. The monoisotopic (exact) mass is 254 g/mol. The summed E-state index contributed by atoms with van der Waals surface area (Å²) in [5, 5.41) is 0. The maximum Gasteiger partial charge on any atom is 0.163 e. The molecule has 2 nitrogen and oxygen atoms in total. The van der Waals surface area contributed by atoms with E-state index >= 15 is 0 Å². The Hall–Kier alpha value is -1.00. The Balaban J connectivity index is 2.39. The number of rotatable bonds is 2. The Morgan fingerprint density at radius 1 is 1.33 bits per heavy atom. The van der Waals surface area contributed by atoms with E-state index in [1.165, 1.54) is 0 Å². The van der Waals surface area contributed by atoms with Crippen molar-refractivity contribution >= 4 is 0 Å². The molecule has 0 saturated carbocycles. The molecule has 2 unspecified atom stereocenters. The number of likely N-dealkylation sites (tertiary alicyclic amines) is 1. The first-order valence-corrected chi connectivity index (χ1v) is 6.58. The highest BCUT2D eigenvalue weighted by molar-refractivity contribution is 5.24. The van der Waals surface area contributed by atoms with Crippen LogP contribution in [0, 0.1) is 11.6 Å². The molecule has 0 bridgehead atoms. The number of nitrogens with zero attached hydrogens (tertiary/aromatic N) is 1. The van der Waals surface area contributed by atoms with Crippen LogP contribution in [0.2, 0.25) is 0 Å². The van der Waals surface area contributed by atoms with E-state index in [0.29, 0.717) is 5.56 Å². The molecule has 2 rings (SSSR count). The molecule has 0 aromatic heterocycles. The van der Waals surface area contributed by atoms with Crippen molar-refractivity contribution < 1.29 is 8.78 Å². The molecule has 18 heavy (non-hydrogen) atoms. The first-order valence-electron chi connectivity index (χ1n) is 6.58. The average Bonchev–Trinajstić information content (AvgIpc) is 2.54. The zero-order valence-corrected chi connectivity index (χ0v) is 10.7. The van der Waals surface area contributed by atoms with Crippen molar-refractivity contribution in [2.24, 2.45) is 5.73 Å². The lowest BCUT2D eigenvalue weighted by atomic mass is 9.95. The lowest BCUT2D eigenvalue weighted by molar-refractivity contribution is 0.190. The molecule has 1 aliphatic rings. The molecule has 1 aromatic rings. The van der Waals surface area contributed by atoms with Gasteiger partial charge in [-0.25, -0.2) is 8.78 Å². The van der Waals surface area contributed by atoms with Crippen molar-refractivity contribution in [1.82, 2.24) is 4.90 Å². The topological polar surface area (TPSA) is 29.3 Å². The van der Waals surface area contributed by atoms with Crippen LogP contribution in [0.25, 0.3) is 0 Å². The summed E-state index contributed by atoms with van der Waals surface area (Å²) in [6.07, 6.45) is 2.97. The number of benzene rings is 1. The summed E-state index contributed by atoms with van der Waals surface area (Å²) in [5.74, 6) is -1.54. The van der Waals surface area contributed by atoms with Gasteiger partial charge in [0.15, 0.2) is 11.6 Å². The van der Waals surface area contributed by atoms with Crippen LogP contribution in [0.4, 0.5) is 8.78 Å². The van der Waals surface area contributed by atoms with Gasteiger partial charge >= 0.3 is 0 Å². The van der Waals surface area contributed by atoms with Crippen LogP contribution >= 0.6 is 0 Å². The van der Waals surface area contributed by atoms with E-state index in [-0.39, 0.29) is 12.1 Å². The molecule has 2 N–H and O–H groups in total. The van der Waals surface area contributed by atoms with Crippen LogP contribution < -0.4 is 5.73 Å². The molecule has 1 aromatic carbocycles. The predicted molar refractivity (Wildman–Crippen MR) is 68.2 cm³/mol. The highest BCUT2D eigenvalue weighted by Crippen LogP contribution is 2.31. The third-order valence-electron chi connectivity index (χ3n) is 3.74. The lowest BCUT2D eigenvalue weighted by Crippen LogP contribution is -2.40. The van der Waals surface area contributed by atoms with Crippen LogP contribution in [-0.4, -0.2) is 24.0 Å². The van der Waals surface area contributed by atoms with Gasteiger partial charge in [-0.2, -0.15) is 0 Å². The van der Waals surface area contributed by atoms with Crippen molar-refractivity contribution in [3.05, 3.63) is 35.4 Å². The fraction of sp³-hybridized carbons (Fsp3) is 0.571. The van der Waals surface area contributed by atoms with Crippen molar-refractivity contribution in [3.63, 3.8) is 0 Å². The Bertz CT molecular complexity index is 409.